The third kappa shape index (κ3) is 16.8. The molecule has 1 aromatic rings. The van der Waals surface area contributed by atoms with Crippen LogP contribution in [-0.4, -0.2) is 203 Å². The molecule has 4 bridgehead atoms. The highest BCUT2D eigenvalue weighted by atomic mass is 35.5. The van der Waals surface area contributed by atoms with Gasteiger partial charge in [0, 0.05) is 85.5 Å². The van der Waals surface area contributed by atoms with Crippen molar-refractivity contribution in [2.75, 3.05) is 86.7 Å². The number of esters is 1. The number of carbonyl (C=O) groups is 9. The summed E-state index contributed by atoms with van der Waals surface area (Å²) in [5, 5.41) is 17.3. The van der Waals surface area contributed by atoms with Crippen molar-refractivity contribution in [2.45, 2.75) is 128 Å². The van der Waals surface area contributed by atoms with Crippen LogP contribution < -0.4 is 20.3 Å². The Labute approximate surface area is 489 Å². The lowest BCUT2D eigenvalue weighted by Gasteiger charge is -2.42. The van der Waals surface area contributed by atoms with E-state index in [0.717, 1.165) is 52.4 Å². The molecule has 456 valence electrons. The predicted octanol–water partition coefficient (Wildman–Crippen LogP) is 4.84. The van der Waals surface area contributed by atoms with Gasteiger partial charge >= 0.3 is 24.2 Å². The molecule has 6 rings (SSSR count). The number of halogens is 1. The number of hydrogen-bond donors (Lipinski definition) is 3. The maximum Gasteiger partial charge on any atom is 0.410 e. The molecule has 3 N–H and O–H groups in total. The molecule has 2 unspecified atom stereocenters. The molecule has 3 aliphatic heterocycles. The number of hydrogen-bond acceptors (Lipinski definition) is 17. The van der Waals surface area contributed by atoms with Crippen LogP contribution in [0.4, 0.5) is 20.1 Å². The lowest BCUT2D eigenvalue weighted by molar-refractivity contribution is -0.163. The lowest BCUT2D eigenvalue weighted by atomic mass is 9.83. The van der Waals surface area contributed by atoms with Gasteiger partial charge < -0.3 is 63.2 Å². The second-order valence-electron chi connectivity index (χ2n) is 22.1. The summed E-state index contributed by atoms with van der Waals surface area (Å²) in [6, 6.07) is 2.39. The number of allylic oxidation sites excluding steroid dienone is 4. The van der Waals surface area contributed by atoms with E-state index in [1.54, 1.807) is 37.4 Å². The van der Waals surface area contributed by atoms with Crippen LogP contribution in [-0.2, 0) is 63.6 Å². The molecule has 1 aromatic carbocycles. The Morgan fingerprint density at radius 1 is 0.976 bits per heavy atom. The molecule has 5 aliphatic rings. The first-order chi connectivity index (χ1) is 39.3. The summed E-state index contributed by atoms with van der Waals surface area (Å²) in [4.78, 5) is 124. The van der Waals surface area contributed by atoms with Crippen molar-refractivity contribution in [2.24, 2.45) is 17.3 Å². The predicted molar refractivity (Wildman–Crippen MR) is 302 cm³/mol. The molecule has 3 heterocycles. The molecule has 1 saturated heterocycles. The Bertz CT molecular complexity index is 2700. The molecule has 8 amide bonds. The highest BCUT2D eigenvalue weighted by Crippen LogP contribution is 2.61. The molecular weight excluding hydrogens is 1100 g/mol. The summed E-state index contributed by atoms with van der Waals surface area (Å²) >= 11 is 6.84. The molecule has 25 heteroatoms. The minimum Gasteiger partial charge on any atom is -0.495 e. The Morgan fingerprint density at radius 2 is 1.67 bits per heavy atom. The van der Waals surface area contributed by atoms with Gasteiger partial charge in [-0.15, -0.1) is 0 Å². The van der Waals surface area contributed by atoms with Gasteiger partial charge in [-0.1, -0.05) is 61.7 Å². The van der Waals surface area contributed by atoms with E-state index in [-0.39, 0.29) is 69.6 Å². The fourth-order valence-electron chi connectivity index (χ4n) is 10.6. The van der Waals surface area contributed by atoms with Crippen LogP contribution >= 0.6 is 11.6 Å². The van der Waals surface area contributed by atoms with Gasteiger partial charge in [-0.3, -0.25) is 34.2 Å². The fraction of sp³-hybridized carbons (Fsp3) is 0.603. The van der Waals surface area contributed by atoms with Crippen molar-refractivity contribution in [3.05, 3.63) is 70.8 Å². The van der Waals surface area contributed by atoms with Crippen LogP contribution in [0.25, 0.3) is 0 Å². The monoisotopic (exact) mass is 1180 g/mol. The Hall–Kier alpha value is -7.02. The highest BCUT2D eigenvalue weighted by molar-refractivity contribution is 6.35. The van der Waals surface area contributed by atoms with Gasteiger partial charge in [-0.2, -0.15) is 0 Å². The molecule has 10 atom stereocenters. The number of carbonyl (C=O) groups excluding carboxylic acids is 9. The second kappa shape index (κ2) is 29.0. The van der Waals surface area contributed by atoms with E-state index in [1.165, 1.54) is 57.0 Å². The van der Waals surface area contributed by atoms with E-state index in [4.69, 9.17) is 44.8 Å². The summed E-state index contributed by atoms with van der Waals surface area (Å²) in [6.45, 7) is 6.53. The Kier molecular flexibility index (Phi) is 22.8. The van der Waals surface area contributed by atoms with Crippen LogP contribution in [0.1, 0.15) is 84.6 Å². The van der Waals surface area contributed by atoms with E-state index in [1.807, 2.05) is 32.9 Å². The van der Waals surface area contributed by atoms with Gasteiger partial charge in [0.15, 0.2) is 5.72 Å². The Balaban J connectivity index is 1.03. The second-order valence-corrected chi connectivity index (χ2v) is 22.5. The largest absolute Gasteiger partial charge is 0.495 e. The van der Waals surface area contributed by atoms with Crippen LogP contribution in [0.5, 0.6) is 5.75 Å². The smallest absolute Gasteiger partial charge is 0.410 e. The van der Waals surface area contributed by atoms with E-state index in [9.17, 15) is 48.3 Å². The third-order valence-electron chi connectivity index (χ3n) is 16.2. The first-order valence-corrected chi connectivity index (χ1v) is 28.2. The lowest BCUT2D eigenvalue weighted by Crippen LogP contribution is -2.63. The van der Waals surface area contributed by atoms with Crippen molar-refractivity contribution in [3.63, 3.8) is 0 Å². The zero-order chi connectivity index (χ0) is 60.9. The van der Waals surface area contributed by atoms with E-state index >= 15 is 0 Å². The Morgan fingerprint density at radius 3 is 2.36 bits per heavy atom. The first-order valence-electron chi connectivity index (χ1n) is 27.9. The molecule has 0 spiro atoms. The van der Waals surface area contributed by atoms with E-state index in [2.05, 4.69) is 10.6 Å². The highest BCUT2D eigenvalue weighted by Gasteiger charge is 2.62. The number of imide groups is 1. The summed E-state index contributed by atoms with van der Waals surface area (Å²) < 4.78 is 40.5. The summed E-state index contributed by atoms with van der Waals surface area (Å²) in [5.41, 5.74) is -0.663. The van der Waals surface area contributed by atoms with Crippen molar-refractivity contribution in [3.8, 4) is 5.75 Å². The summed E-state index contributed by atoms with van der Waals surface area (Å²) in [6.07, 6.45) is 7.63. The minimum absolute atomic E-state index is 0.00523. The molecular formula is C58H80ClN7O17. The molecule has 24 nitrogen and oxygen atoms in total. The normalized spacial score (nSPS) is 28.1. The topological polar surface area (TPSA) is 279 Å². The van der Waals surface area contributed by atoms with Crippen molar-refractivity contribution >= 4 is 71.1 Å². The molecule has 1 saturated carbocycles. The van der Waals surface area contributed by atoms with Gasteiger partial charge in [-0.05, 0) is 81.6 Å². The maximum absolute atomic E-state index is 14.4. The van der Waals surface area contributed by atoms with Gasteiger partial charge in [0.05, 0.1) is 31.7 Å². The SMILES string of the molecule is COc1cc2cc(c1Cl)N(C)C(=O)C[C@H](OC(=O)[C@H](C)N(C)C(=O)CCOC(=O)N(C)CCN(C)C(=O)OC1/C=C/CCCCC1OCC(=O)NCCN1C(=O)C=CC1=O)[C@]1(C)C[C@H]1[C@H](C)[C@@H]1C[C@@](O)(NC(=O)O1)[C@H](OC)/C=C/C=C(\C)C2. The van der Waals surface area contributed by atoms with Crippen molar-refractivity contribution in [1.29, 1.82) is 0 Å². The maximum atomic E-state index is 14.4. The number of nitrogens with one attached hydrogen (secondary N) is 2. The fourth-order valence-corrected chi connectivity index (χ4v) is 10.9. The number of benzene rings is 1. The van der Waals surface area contributed by atoms with E-state index in [0.29, 0.717) is 30.7 Å². The van der Waals surface area contributed by atoms with Crippen LogP contribution in [0.15, 0.2) is 60.2 Å². The van der Waals surface area contributed by atoms with Gasteiger partial charge in [0.2, 0.25) is 17.7 Å². The number of methoxy groups -OCH3 is 2. The standard InChI is InChI=1S/C58H80ClN7O17/c1-35-16-15-19-45(78-10)58(76)33-44(81-54(73)61-58)36(2)39-32-57(39,4)46(31-51(71)65(8)40-29-38(28-35)30-43(77-9)52(40)59)83-53(72)37(3)64(7)48(68)22-27-79-55(74)62(5)25-26-63(6)56(75)82-42-18-14-12-11-13-17-41(42)80-34-47(67)60-23-24-66-49(69)20-21-50(66)70/h14-16,18-21,29-30,36-37,39,41-42,44-46,76H,11-13,17,22-28,31-34H2,1-10H3,(H,60,67)(H,61,73)/b18-14+,19-15+,35-16+/t36-,37-,39-,41?,42?,44-,45+,46-,57+,58-/m0/s1. The van der Waals surface area contributed by atoms with Crippen molar-refractivity contribution in [1.82, 2.24) is 30.2 Å². The number of fused-ring (bicyclic) bond motifs is 5. The number of alkyl carbamates (subject to hydrolysis) is 1. The molecule has 0 aromatic heterocycles. The van der Waals surface area contributed by atoms with Crippen LogP contribution in [0.2, 0.25) is 5.02 Å². The quantitative estimate of drug-likeness (QED) is 0.0768. The number of aliphatic hydroxyl groups is 1. The first kappa shape index (κ1) is 65.1. The van der Waals surface area contributed by atoms with Crippen LogP contribution in [0.3, 0.4) is 0 Å². The number of amides is 8. The molecule has 83 heavy (non-hydrogen) atoms. The average molecular weight is 1180 g/mol. The van der Waals surface area contributed by atoms with Gasteiger partial charge in [0.25, 0.3) is 11.8 Å². The summed E-state index contributed by atoms with van der Waals surface area (Å²) in [5.74, 6) is -3.53. The zero-order valence-electron chi connectivity index (χ0n) is 49.0. The molecule has 2 aliphatic carbocycles. The minimum atomic E-state index is -1.85. The number of nitrogens with zero attached hydrogens (tertiary/aromatic N) is 5. The average Bonchev–Trinajstić information content (AvgIpc) is 2.04. The number of anilines is 1. The van der Waals surface area contributed by atoms with Crippen molar-refractivity contribution < 1.29 is 81.4 Å². The number of ether oxygens (including phenoxy) is 7. The zero-order valence-corrected chi connectivity index (χ0v) is 49.8. The van der Waals surface area contributed by atoms with Gasteiger partial charge in [-0.25, -0.2) is 19.2 Å². The number of likely N-dealkylation sites (N-methyl/N-ethyl adjacent to an activating group) is 3. The molecule has 0 radical (unpaired) electrons. The molecule has 2 fully saturated rings. The number of rotatable bonds is 18. The van der Waals surface area contributed by atoms with Gasteiger partial charge in [0.1, 0.15) is 54.4 Å². The third-order valence-corrected chi connectivity index (χ3v) is 16.6. The van der Waals surface area contributed by atoms with Crippen LogP contribution in [0, 0.1) is 17.3 Å². The summed E-state index contributed by atoms with van der Waals surface area (Å²) in [7, 11) is 8.82. The van der Waals surface area contributed by atoms with E-state index < -0.39 is 107 Å².